The van der Waals surface area contributed by atoms with Crippen molar-refractivity contribution in [1.29, 1.82) is 0 Å². The van der Waals surface area contributed by atoms with E-state index in [9.17, 15) is 13.6 Å². The largest absolute Gasteiger partial charge is 0.298 e. The maximum absolute atomic E-state index is 12.6. The second-order valence-electron chi connectivity index (χ2n) is 3.58. The molecule has 112 valence electrons. The van der Waals surface area contributed by atoms with Crippen molar-refractivity contribution in [3.63, 3.8) is 0 Å². The third-order valence-corrected chi connectivity index (χ3v) is 7.32. The van der Waals surface area contributed by atoms with Crippen LogP contribution in [0.25, 0.3) is 0 Å². The number of hydrogen-bond acceptors (Lipinski definition) is 1. The smallest absolute Gasteiger partial charge is 0.152 e. The molecule has 21 heavy (non-hydrogen) atoms. The Morgan fingerprint density at radius 1 is 0.810 bits per heavy atom. The summed E-state index contributed by atoms with van der Waals surface area (Å²) in [6, 6.07) is 5.36. The zero-order chi connectivity index (χ0) is 16.2. The normalized spacial score (nSPS) is 9.86. The predicted molar refractivity (Wildman–Crippen MR) is 102 cm³/mol. The summed E-state index contributed by atoms with van der Waals surface area (Å²) in [5.41, 5.74) is 0.423. The van der Waals surface area contributed by atoms with Crippen molar-refractivity contribution in [2.24, 2.45) is 0 Å². The van der Waals surface area contributed by atoms with Gasteiger partial charge in [0.25, 0.3) is 0 Å². The molecule has 0 bridgehead atoms. The maximum atomic E-state index is 12.6. The van der Waals surface area contributed by atoms with Gasteiger partial charge in [0.2, 0.25) is 0 Å². The lowest BCUT2D eigenvalue weighted by Gasteiger charge is -1.98. The van der Waals surface area contributed by atoms with Gasteiger partial charge in [0, 0.05) is 27.0 Å². The van der Waals surface area contributed by atoms with Crippen LogP contribution in [-0.2, 0) is 0 Å². The van der Waals surface area contributed by atoms with Crippen LogP contribution < -0.4 is 0 Å². The first kappa shape index (κ1) is 19.7. The second kappa shape index (κ2) is 9.05. The molecule has 0 unspecified atom stereocenters. The number of carbonyl (C=O) groups excluding carboxylic acids is 1. The average molecular weight is 662 g/mol. The van der Waals surface area contributed by atoms with Gasteiger partial charge in [-0.25, -0.2) is 8.78 Å². The van der Waals surface area contributed by atoms with Crippen LogP contribution >= 0.6 is 86.3 Å². The van der Waals surface area contributed by atoms with E-state index < -0.39 is 0 Å². The Labute approximate surface area is 167 Å². The molecule has 0 N–H and O–H groups in total. The Bertz CT molecular complexity index is 633. The minimum Gasteiger partial charge on any atom is -0.298 e. The molecule has 0 saturated carbocycles. The van der Waals surface area contributed by atoms with Crippen molar-refractivity contribution in [2.75, 3.05) is 0 Å². The van der Waals surface area contributed by atoms with Gasteiger partial charge in [-0.05, 0) is 111 Å². The lowest BCUT2D eigenvalue weighted by molar-refractivity contribution is 0.112. The van der Waals surface area contributed by atoms with E-state index in [1.165, 1.54) is 24.3 Å². The topological polar surface area (TPSA) is 17.1 Å². The maximum Gasteiger partial charge on any atom is 0.152 e. The minimum absolute atomic E-state index is 0.237. The van der Waals surface area contributed by atoms with Crippen LogP contribution in [0.1, 0.15) is 10.4 Å². The van der Waals surface area contributed by atoms with Crippen molar-refractivity contribution >= 4 is 92.6 Å². The molecule has 2 aromatic carbocycles. The fourth-order valence-corrected chi connectivity index (χ4v) is 3.95. The van der Waals surface area contributed by atoms with Crippen molar-refractivity contribution in [3.05, 3.63) is 62.9 Å². The Morgan fingerprint density at radius 3 is 1.48 bits per heavy atom. The standard InChI is InChI=1S/C7H3Br2FO.C6H2Br2FI/c8-6-1-4(10)2-7(9)5(6)3-11;7-4-1-3(9)2-5(8)6(4)10/h1-3H;1-2H. The van der Waals surface area contributed by atoms with Gasteiger partial charge in [-0.15, -0.1) is 0 Å². The van der Waals surface area contributed by atoms with Crippen LogP contribution in [0.15, 0.2) is 42.2 Å². The van der Waals surface area contributed by atoms with Gasteiger partial charge in [-0.2, -0.15) is 0 Å². The number of carbonyl (C=O) groups is 1. The number of rotatable bonds is 1. The highest BCUT2D eigenvalue weighted by Gasteiger charge is 2.05. The van der Waals surface area contributed by atoms with Gasteiger partial charge in [0.1, 0.15) is 11.6 Å². The molecule has 0 aliphatic heterocycles. The molecule has 8 heteroatoms. The highest BCUT2D eigenvalue weighted by atomic mass is 127. The van der Waals surface area contributed by atoms with Crippen molar-refractivity contribution < 1.29 is 13.6 Å². The molecule has 0 atom stereocenters. The third kappa shape index (κ3) is 5.96. The van der Waals surface area contributed by atoms with Crippen LogP contribution in [-0.4, -0.2) is 6.29 Å². The molecule has 2 aromatic rings. The molecule has 0 saturated heterocycles. The van der Waals surface area contributed by atoms with E-state index in [1.54, 1.807) is 0 Å². The first-order chi connectivity index (χ1) is 9.76. The van der Waals surface area contributed by atoms with Crippen LogP contribution in [0.5, 0.6) is 0 Å². The molecule has 0 aromatic heterocycles. The number of aldehydes is 1. The molecule has 0 aliphatic carbocycles. The lowest BCUT2D eigenvalue weighted by Crippen LogP contribution is -1.86. The summed E-state index contributed by atoms with van der Waals surface area (Å²) >= 11 is 14.7. The van der Waals surface area contributed by atoms with Gasteiger partial charge in [0.05, 0.1) is 0 Å². The summed E-state index contributed by atoms with van der Waals surface area (Å²) in [6.45, 7) is 0. The molecule has 0 spiro atoms. The summed E-state index contributed by atoms with van der Waals surface area (Å²) < 4.78 is 28.6. The third-order valence-electron chi connectivity index (χ3n) is 2.11. The molecular weight excluding hydrogens is 657 g/mol. The van der Waals surface area contributed by atoms with Gasteiger partial charge in [-0.3, -0.25) is 4.79 Å². The van der Waals surface area contributed by atoms with E-state index >= 15 is 0 Å². The molecule has 0 heterocycles. The van der Waals surface area contributed by atoms with Gasteiger partial charge in [0.15, 0.2) is 6.29 Å². The molecule has 0 radical (unpaired) electrons. The average Bonchev–Trinajstić information content (AvgIpc) is 2.36. The van der Waals surface area contributed by atoms with Gasteiger partial charge >= 0.3 is 0 Å². The molecule has 0 aliphatic rings. The lowest BCUT2D eigenvalue weighted by atomic mass is 10.2. The first-order valence-corrected chi connectivity index (χ1v) is 9.41. The summed E-state index contributed by atoms with van der Waals surface area (Å²) in [5.74, 6) is -0.617. The number of halogens is 7. The zero-order valence-electron chi connectivity index (χ0n) is 9.94. The Morgan fingerprint density at radius 2 is 1.14 bits per heavy atom. The fourth-order valence-electron chi connectivity index (χ4n) is 1.19. The van der Waals surface area contributed by atoms with Gasteiger partial charge < -0.3 is 0 Å². The number of benzene rings is 2. The summed E-state index contributed by atoms with van der Waals surface area (Å²) in [6.07, 6.45) is 0.660. The Kier molecular flexibility index (Phi) is 8.47. The fraction of sp³-hybridized carbons (Fsp3) is 0. The van der Waals surface area contributed by atoms with Crippen LogP contribution in [0.2, 0.25) is 0 Å². The van der Waals surface area contributed by atoms with E-state index in [0.29, 0.717) is 20.8 Å². The zero-order valence-corrected chi connectivity index (χ0v) is 18.4. The molecule has 2 rings (SSSR count). The summed E-state index contributed by atoms with van der Waals surface area (Å²) in [4.78, 5) is 10.4. The molecule has 1 nitrogen and oxygen atoms in total. The highest BCUT2D eigenvalue weighted by Crippen LogP contribution is 2.27. The van der Waals surface area contributed by atoms with E-state index in [1.807, 2.05) is 0 Å². The van der Waals surface area contributed by atoms with E-state index in [0.717, 1.165) is 12.5 Å². The van der Waals surface area contributed by atoms with Crippen LogP contribution in [0, 0.1) is 15.2 Å². The minimum atomic E-state index is -0.380. The van der Waals surface area contributed by atoms with Crippen molar-refractivity contribution in [3.8, 4) is 0 Å². The highest BCUT2D eigenvalue weighted by molar-refractivity contribution is 14.1. The van der Waals surface area contributed by atoms with Gasteiger partial charge in [-0.1, -0.05) is 0 Å². The van der Waals surface area contributed by atoms with Crippen molar-refractivity contribution in [1.82, 2.24) is 0 Å². The summed E-state index contributed by atoms with van der Waals surface area (Å²) in [5, 5.41) is 0. The quantitative estimate of drug-likeness (QED) is 0.138. The van der Waals surface area contributed by atoms with E-state index in [-0.39, 0.29) is 11.6 Å². The SMILES string of the molecule is Fc1cc(Br)c(I)c(Br)c1.O=Cc1c(Br)cc(F)cc1Br. The summed E-state index contributed by atoms with van der Waals surface area (Å²) in [7, 11) is 0. The first-order valence-electron chi connectivity index (χ1n) is 5.16. The number of hydrogen-bond donors (Lipinski definition) is 0. The van der Waals surface area contributed by atoms with Crippen molar-refractivity contribution in [2.45, 2.75) is 0 Å². The molecular formula is C13H5Br4F2IO. The predicted octanol–water partition coefficient (Wildman–Crippen LogP) is 7.12. The van der Waals surface area contributed by atoms with E-state index in [2.05, 4.69) is 86.3 Å². The van der Waals surface area contributed by atoms with Crippen LogP contribution in [0.4, 0.5) is 8.78 Å². The Hall–Kier alpha value is 0.620. The second-order valence-corrected chi connectivity index (χ2v) is 8.08. The monoisotopic (exact) mass is 658 g/mol. The van der Waals surface area contributed by atoms with Crippen LogP contribution in [0.3, 0.4) is 0 Å². The molecule has 0 fully saturated rings. The molecule has 0 amide bonds. The Balaban J connectivity index is 0.000000211. The van der Waals surface area contributed by atoms with E-state index in [4.69, 9.17) is 0 Å².